The van der Waals surface area contributed by atoms with E-state index in [-0.39, 0.29) is 0 Å². The highest BCUT2D eigenvalue weighted by molar-refractivity contribution is 5.87. The Morgan fingerprint density at radius 3 is 2.48 bits per heavy atom. The van der Waals surface area contributed by atoms with Crippen molar-refractivity contribution in [2.45, 2.75) is 13.3 Å². The summed E-state index contributed by atoms with van der Waals surface area (Å²) in [6.45, 7) is 6.86. The molecule has 4 nitrogen and oxygen atoms in total. The van der Waals surface area contributed by atoms with Gasteiger partial charge in [0.15, 0.2) is 0 Å². The molecular formula is C21H24N4. The highest BCUT2D eigenvalue weighted by atomic mass is 15.3. The van der Waals surface area contributed by atoms with Crippen molar-refractivity contribution in [1.29, 1.82) is 0 Å². The third-order valence-electron chi connectivity index (χ3n) is 5.83. The maximum Gasteiger partial charge on any atom is 0.0764 e. The molecule has 0 radical (unpaired) electrons. The Morgan fingerprint density at radius 1 is 1.00 bits per heavy atom. The van der Waals surface area contributed by atoms with Crippen molar-refractivity contribution < 1.29 is 0 Å². The van der Waals surface area contributed by atoms with E-state index in [1.165, 1.54) is 48.5 Å². The summed E-state index contributed by atoms with van der Waals surface area (Å²) in [5.74, 6) is 1.61. The van der Waals surface area contributed by atoms with E-state index in [4.69, 9.17) is 5.10 Å². The Morgan fingerprint density at radius 2 is 1.76 bits per heavy atom. The number of hydrogen-bond donors (Lipinski definition) is 1. The van der Waals surface area contributed by atoms with E-state index in [0.29, 0.717) is 0 Å². The Hall–Kier alpha value is -2.33. The summed E-state index contributed by atoms with van der Waals surface area (Å²) in [5, 5.41) is 9.69. The number of fused-ring (bicyclic) bond motifs is 2. The lowest BCUT2D eigenvalue weighted by Crippen LogP contribution is -2.25. The summed E-state index contributed by atoms with van der Waals surface area (Å²) in [6.07, 6.45) is 0.954. The third kappa shape index (κ3) is 2.44. The zero-order valence-electron chi connectivity index (χ0n) is 14.7. The molecule has 0 aliphatic carbocycles. The fraction of sp³-hybridized carbons (Fsp3) is 0.381. The van der Waals surface area contributed by atoms with E-state index in [0.717, 1.165) is 23.9 Å². The predicted molar refractivity (Wildman–Crippen MR) is 103 cm³/mol. The second-order valence-corrected chi connectivity index (χ2v) is 7.33. The molecule has 5 rings (SSSR count). The summed E-state index contributed by atoms with van der Waals surface area (Å²) in [7, 11) is 0. The molecule has 2 atom stereocenters. The van der Waals surface area contributed by atoms with Crippen LogP contribution in [0.1, 0.15) is 12.6 Å². The third-order valence-corrected chi connectivity index (χ3v) is 5.83. The fourth-order valence-corrected chi connectivity index (χ4v) is 4.46. The van der Waals surface area contributed by atoms with Gasteiger partial charge in [-0.15, -0.1) is 0 Å². The van der Waals surface area contributed by atoms with Crippen LogP contribution in [0.3, 0.4) is 0 Å². The molecule has 4 heteroatoms. The zero-order chi connectivity index (χ0) is 16.8. The SMILES string of the molecule is CCc1nn(-c2ccccc2)c2cc(N3CC4CNCC4C3)ccc12. The van der Waals surface area contributed by atoms with Gasteiger partial charge in [0.1, 0.15) is 0 Å². The van der Waals surface area contributed by atoms with Crippen molar-refractivity contribution in [3.63, 3.8) is 0 Å². The molecule has 25 heavy (non-hydrogen) atoms. The van der Waals surface area contributed by atoms with Gasteiger partial charge < -0.3 is 10.2 Å². The lowest BCUT2D eigenvalue weighted by atomic mass is 10.0. The fourth-order valence-electron chi connectivity index (χ4n) is 4.46. The number of aromatic nitrogens is 2. The van der Waals surface area contributed by atoms with Crippen LogP contribution in [-0.2, 0) is 6.42 Å². The van der Waals surface area contributed by atoms with Crippen LogP contribution < -0.4 is 10.2 Å². The number of benzene rings is 2. The molecule has 2 unspecified atom stereocenters. The average Bonchev–Trinajstić information content (AvgIpc) is 3.34. The molecule has 0 saturated carbocycles. The van der Waals surface area contributed by atoms with Gasteiger partial charge in [-0.2, -0.15) is 5.10 Å². The van der Waals surface area contributed by atoms with Crippen molar-refractivity contribution in [2.24, 2.45) is 11.8 Å². The smallest absolute Gasteiger partial charge is 0.0764 e. The Balaban J connectivity index is 1.59. The molecule has 0 amide bonds. The molecule has 3 heterocycles. The Kier molecular flexibility index (Phi) is 3.52. The molecule has 0 spiro atoms. The first-order valence-corrected chi connectivity index (χ1v) is 9.36. The molecule has 1 aromatic heterocycles. The summed E-state index contributed by atoms with van der Waals surface area (Å²) in [4.78, 5) is 2.56. The molecule has 2 aliphatic heterocycles. The van der Waals surface area contributed by atoms with Crippen LogP contribution >= 0.6 is 0 Å². The number of nitrogens with zero attached hydrogens (tertiary/aromatic N) is 3. The molecule has 128 valence electrons. The highest BCUT2D eigenvalue weighted by Crippen LogP contribution is 2.33. The maximum atomic E-state index is 4.89. The first-order chi connectivity index (χ1) is 12.3. The van der Waals surface area contributed by atoms with Gasteiger partial charge in [-0.05, 0) is 48.6 Å². The van der Waals surface area contributed by atoms with Crippen molar-refractivity contribution in [3.05, 3.63) is 54.2 Å². The van der Waals surface area contributed by atoms with Gasteiger partial charge in [0.05, 0.1) is 16.9 Å². The van der Waals surface area contributed by atoms with Crippen LogP contribution in [0.15, 0.2) is 48.5 Å². The molecular weight excluding hydrogens is 308 g/mol. The molecule has 1 N–H and O–H groups in total. The lowest BCUT2D eigenvalue weighted by Gasteiger charge is -2.20. The van der Waals surface area contributed by atoms with E-state index in [1.807, 2.05) is 0 Å². The maximum absolute atomic E-state index is 4.89. The number of anilines is 1. The quantitative estimate of drug-likeness (QED) is 0.799. The Bertz CT molecular complexity index is 887. The van der Waals surface area contributed by atoms with Crippen LogP contribution in [0.2, 0.25) is 0 Å². The minimum atomic E-state index is 0.806. The Labute approximate surface area is 148 Å². The van der Waals surface area contributed by atoms with E-state index in [1.54, 1.807) is 0 Å². The number of nitrogens with one attached hydrogen (secondary N) is 1. The van der Waals surface area contributed by atoms with E-state index in [9.17, 15) is 0 Å². The first kappa shape index (κ1) is 15.0. The van der Waals surface area contributed by atoms with Crippen LogP contribution in [0.4, 0.5) is 5.69 Å². The van der Waals surface area contributed by atoms with Gasteiger partial charge in [-0.1, -0.05) is 25.1 Å². The van der Waals surface area contributed by atoms with Gasteiger partial charge in [0.2, 0.25) is 0 Å². The van der Waals surface area contributed by atoms with Gasteiger partial charge in [-0.25, -0.2) is 4.68 Å². The zero-order valence-corrected chi connectivity index (χ0v) is 14.7. The number of aryl methyl sites for hydroxylation is 1. The topological polar surface area (TPSA) is 33.1 Å². The average molecular weight is 332 g/mol. The molecule has 2 aromatic carbocycles. The van der Waals surface area contributed by atoms with E-state index >= 15 is 0 Å². The van der Waals surface area contributed by atoms with Crippen molar-refractivity contribution in [2.75, 3.05) is 31.1 Å². The largest absolute Gasteiger partial charge is 0.371 e. The molecule has 2 fully saturated rings. The standard InChI is InChI=1S/C21H24N4/c1-2-20-19-9-8-18(24-13-15-11-22-12-16(15)14-24)10-21(19)25(23-20)17-6-4-3-5-7-17/h3-10,15-16,22H,2,11-14H2,1H3. The minimum absolute atomic E-state index is 0.806. The van der Waals surface area contributed by atoms with Crippen molar-refractivity contribution in [1.82, 2.24) is 15.1 Å². The second kappa shape index (κ2) is 5.88. The summed E-state index contributed by atoms with van der Waals surface area (Å²) in [6, 6.07) is 17.4. The van der Waals surface area contributed by atoms with E-state index < -0.39 is 0 Å². The monoisotopic (exact) mass is 332 g/mol. The second-order valence-electron chi connectivity index (χ2n) is 7.33. The lowest BCUT2D eigenvalue weighted by molar-refractivity contribution is 0.533. The van der Waals surface area contributed by atoms with Crippen molar-refractivity contribution >= 4 is 16.6 Å². The van der Waals surface area contributed by atoms with Gasteiger partial charge in [0, 0.05) is 37.3 Å². The summed E-state index contributed by atoms with van der Waals surface area (Å²) >= 11 is 0. The van der Waals surface area contributed by atoms with Crippen LogP contribution in [0.25, 0.3) is 16.6 Å². The van der Waals surface area contributed by atoms with Gasteiger partial charge in [-0.3, -0.25) is 0 Å². The van der Waals surface area contributed by atoms with Crippen LogP contribution in [0, 0.1) is 11.8 Å². The van der Waals surface area contributed by atoms with Gasteiger partial charge >= 0.3 is 0 Å². The predicted octanol–water partition coefficient (Wildman–Crippen LogP) is 3.24. The number of hydrogen-bond acceptors (Lipinski definition) is 3. The molecule has 2 aliphatic rings. The normalized spacial score (nSPS) is 22.7. The number of rotatable bonds is 3. The number of para-hydroxylation sites is 1. The summed E-state index contributed by atoms with van der Waals surface area (Å²) < 4.78 is 2.11. The molecule has 0 bridgehead atoms. The van der Waals surface area contributed by atoms with Crippen LogP contribution in [0.5, 0.6) is 0 Å². The summed E-state index contributed by atoms with van der Waals surface area (Å²) in [5.41, 5.74) is 4.86. The highest BCUT2D eigenvalue weighted by Gasteiger charge is 2.36. The van der Waals surface area contributed by atoms with E-state index in [2.05, 4.69) is 70.4 Å². The first-order valence-electron chi connectivity index (χ1n) is 9.36. The molecule has 3 aromatic rings. The van der Waals surface area contributed by atoms with Gasteiger partial charge in [0.25, 0.3) is 0 Å². The minimum Gasteiger partial charge on any atom is -0.371 e. The van der Waals surface area contributed by atoms with Crippen LogP contribution in [-0.4, -0.2) is 36.0 Å². The van der Waals surface area contributed by atoms with Crippen molar-refractivity contribution in [3.8, 4) is 5.69 Å². The molecule has 2 saturated heterocycles.